The number of benzene rings is 1. The van der Waals surface area contributed by atoms with E-state index in [0.717, 1.165) is 49.8 Å². The Balaban J connectivity index is 1.33. The first kappa shape index (κ1) is 20.4. The number of morpholine rings is 1. The van der Waals surface area contributed by atoms with Gasteiger partial charge in [0.1, 0.15) is 17.3 Å². The lowest BCUT2D eigenvalue weighted by molar-refractivity contribution is 0.0342. The molecule has 4 aromatic rings. The van der Waals surface area contributed by atoms with E-state index in [4.69, 9.17) is 9.15 Å². The van der Waals surface area contributed by atoms with Gasteiger partial charge in [-0.1, -0.05) is 18.2 Å². The van der Waals surface area contributed by atoms with Gasteiger partial charge in [0.2, 0.25) is 5.89 Å². The highest BCUT2D eigenvalue weighted by Gasteiger charge is 2.13. The lowest BCUT2D eigenvalue weighted by Crippen LogP contribution is -2.35. The van der Waals surface area contributed by atoms with E-state index in [9.17, 15) is 0 Å². The smallest absolute Gasteiger partial charge is 0.226 e. The van der Waals surface area contributed by atoms with Gasteiger partial charge in [-0.15, -0.1) is 0 Å². The molecule has 1 N–H and O–H groups in total. The zero-order valence-corrected chi connectivity index (χ0v) is 18.0. The van der Waals surface area contributed by atoms with Crippen LogP contribution < -0.4 is 5.32 Å². The average Bonchev–Trinajstić information content (AvgIpc) is 3.31. The van der Waals surface area contributed by atoms with Crippen LogP contribution in [0.1, 0.15) is 11.1 Å². The zero-order valence-electron chi connectivity index (χ0n) is 18.0. The Morgan fingerprint density at radius 2 is 1.84 bits per heavy atom. The van der Waals surface area contributed by atoms with E-state index in [1.165, 1.54) is 5.56 Å². The normalized spacial score (nSPS) is 14.4. The van der Waals surface area contributed by atoms with Crippen LogP contribution in [0.4, 0.5) is 11.6 Å². The van der Waals surface area contributed by atoms with Crippen molar-refractivity contribution in [2.75, 3.05) is 31.6 Å². The molecule has 7 nitrogen and oxygen atoms in total. The SMILES string of the molecule is Cc1ccnc(Nc2cccc(-c3cnc(-c4cccc(CN5CCOCC5)c4)o3)n2)c1. The van der Waals surface area contributed by atoms with Gasteiger partial charge in [0.05, 0.1) is 19.4 Å². The first-order valence-corrected chi connectivity index (χ1v) is 10.8. The summed E-state index contributed by atoms with van der Waals surface area (Å²) in [4.78, 5) is 15.9. The van der Waals surface area contributed by atoms with Crippen LogP contribution in [0, 0.1) is 6.92 Å². The van der Waals surface area contributed by atoms with Gasteiger partial charge in [-0.25, -0.2) is 15.0 Å². The molecule has 7 heteroatoms. The first-order valence-electron chi connectivity index (χ1n) is 10.8. The number of oxazole rings is 1. The Morgan fingerprint density at radius 1 is 0.969 bits per heavy atom. The van der Waals surface area contributed by atoms with E-state index in [1.807, 2.05) is 49.4 Å². The number of rotatable bonds is 6. The molecule has 0 saturated carbocycles. The maximum atomic E-state index is 6.07. The fourth-order valence-corrected chi connectivity index (χ4v) is 3.72. The monoisotopic (exact) mass is 427 g/mol. The third kappa shape index (κ3) is 4.85. The molecule has 162 valence electrons. The van der Waals surface area contributed by atoms with Gasteiger partial charge >= 0.3 is 0 Å². The Morgan fingerprint density at radius 3 is 2.72 bits per heavy atom. The minimum atomic E-state index is 0.587. The molecular formula is C25H25N5O2. The van der Waals surface area contributed by atoms with E-state index in [1.54, 1.807) is 12.4 Å². The van der Waals surface area contributed by atoms with Crippen LogP contribution >= 0.6 is 0 Å². The molecule has 1 saturated heterocycles. The number of nitrogens with one attached hydrogen (secondary N) is 1. The number of pyridine rings is 2. The van der Waals surface area contributed by atoms with Crippen LogP contribution in [0.3, 0.4) is 0 Å². The number of anilines is 2. The minimum absolute atomic E-state index is 0.587. The molecule has 0 bridgehead atoms. The lowest BCUT2D eigenvalue weighted by Gasteiger charge is -2.26. The Labute approximate surface area is 187 Å². The van der Waals surface area contributed by atoms with Crippen molar-refractivity contribution in [3.8, 4) is 22.9 Å². The molecule has 1 aliphatic rings. The molecule has 1 aliphatic heterocycles. The second-order valence-electron chi connectivity index (χ2n) is 7.87. The second kappa shape index (κ2) is 9.30. The Bertz CT molecular complexity index is 1200. The summed E-state index contributed by atoms with van der Waals surface area (Å²) in [7, 11) is 0. The summed E-state index contributed by atoms with van der Waals surface area (Å²) in [6, 6.07) is 18.0. The number of aryl methyl sites for hydroxylation is 1. The molecule has 0 aliphatic carbocycles. The number of hydrogen-bond acceptors (Lipinski definition) is 7. The first-order chi connectivity index (χ1) is 15.7. The summed E-state index contributed by atoms with van der Waals surface area (Å²) in [5.74, 6) is 2.67. The molecule has 0 atom stereocenters. The summed E-state index contributed by atoms with van der Waals surface area (Å²) in [6.45, 7) is 6.44. The van der Waals surface area contributed by atoms with Crippen molar-refractivity contribution >= 4 is 11.6 Å². The van der Waals surface area contributed by atoms with Gasteiger partial charge < -0.3 is 14.5 Å². The van der Waals surface area contributed by atoms with Crippen LogP contribution in [0.25, 0.3) is 22.9 Å². The minimum Gasteiger partial charge on any atom is -0.434 e. The second-order valence-corrected chi connectivity index (χ2v) is 7.87. The maximum absolute atomic E-state index is 6.07. The number of aromatic nitrogens is 3. The summed E-state index contributed by atoms with van der Waals surface area (Å²) < 4.78 is 11.5. The molecule has 32 heavy (non-hydrogen) atoms. The predicted molar refractivity (Wildman–Crippen MR) is 124 cm³/mol. The number of hydrogen-bond donors (Lipinski definition) is 1. The van der Waals surface area contributed by atoms with E-state index in [-0.39, 0.29) is 0 Å². The molecule has 0 spiro atoms. The van der Waals surface area contributed by atoms with Crippen LogP contribution in [0.2, 0.25) is 0 Å². The third-order valence-electron chi connectivity index (χ3n) is 5.36. The van der Waals surface area contributed by atoms with E-state index >= 15 is 0 Å². The molecule has 1 aromatic carbocycles. The predicted octanol–water partition coefficient (Wildman–Crippen LogP) is 4.68. The zero-order chi connectivity index (χ0) is 21.8. The average molecular weight is 428 g/mol. The largest absolute Gasteiger partial charge is 0.434 e. The third-order valence-corrected chi connectivity index (χ3v) is 5.36. The molecule has 4 heterocycles. The van der Waals surface area contributed by atoms with Crippen molar-refractivity contribution in [1.29, 1.82) is 0 Å². The van der Waals surface area contributed by atoms with Gasteiger partial charge in [-0.2, -0.15) is 0 Å². The van der Waals surface area contributed by atoms with Crippen molar-refractivity contribution in [1.82, 2.24) is 19.9 Å². The van der Waals surface area contributed by atoms with Gasteiger partial charge in [0.25, 0.3) is 0 Å². The standard InChI is InChI=1S/C25H25N5O2/c1-18-8-9-26-24(14-18)29-23-7-3-6-21(28-23)22-16-27-25(32-22)20-5-2-4-19(15-20)17-30-10-12-31-13-11-30/h2-9,14-16H,10-13,17H2,1H3,(H,26,28,29). The number of ether oxygens (including phenoxy) is 1. The molecule has 3 aromatic heterocycles. The molecule has 0 radical (unpaired) electrons. The molecule has 0 unspecified atom stereocenters. The van der Waals surface area contributed by atoms with Gasteiger partial charge in [-0.3, -0.25) is 4.90 Å². The van der Waals surface area contributed by atoms with Gasteiger partial charge in [0, 0.05) is 31.4 Å². The summed E-state index contributed by atoms with van der Waals surface area (Å²) >= 11 is 0. The van der Waals surface area contributed by atoms with Crippen molar-refractivity contribution in [3.05, 3.63) is 78.1 Å². The number of nitrogens with zero attached hydrogens (tertiary/aromatic N) is 4. The van der Waals surface area contributed by atoms with Crippen LogP contribution in [-0.4, -0.2) is 46.2 Å². The summed E-state index contributed by atoms with van der Waals surface area (Å²) in [5.41, 5.74) is 4.04. The highest BCUT2D eigenvalue weighted by Crippen LogP contribution is 2.27. The summed E-state index contributed by atoms with van der Waals surface area (Å²) in [6.07, 6.45) is 3.50. The van der Waals surface area contributed by atoms with E-state index < -0.39 is 0 Å². The fraction of sp³-hybridized carbons (Fsp3) is 0.240. The van der Waals surface area contributed by atoms with Gasteiger partial charge in [-0.05, 0) is 54.4 Å². The van der Waals surface area contributed by atoms with E-state index in [2.05, 4.69) is 37.3 Å². The summed E-state index contributed by atoms with van der Waals surface area (Å²) in [5, 5.41) is 3.24. The highest BCUT2D eigenvalue weighted by atomic mass is 16.5. The van der Waals surface area contributed by atoms with Crippen molar-refractivity contribution in [3.63, 3.8) is 0 Å². The van der Waals surface area contributed by atoms with Crippen LogP contribution in [0.15, 0.2) is 71.4 Å². The molecular weight excluding hydrogens is 402 g/mol. The Hall–Kier alpha value is -3.55. The van der Waals surface area contributed by atoms with Gasteiger partial charge in [0.15, 0.2) is 5.76 Å². The van der Waals surface area contributed by atoms with Crippen molar-refractivity contribution < 1.29 is 9.15 Å². The lowest BCUT2D eigenvalue weighted by atomic mass is 10.1. The van der Waals surface area contributed by atoms with E-state index in [0.29, 0.717) is 23.2 Å². The Kier molecular flexibility index (Phi) is 5.91. The quantitative estimate of drug-likeness (QED) is 0.479. The topological polar surface area (TPSA) is 76.3 Å². The molecule has 0 amide bonds. The van der Waals surface area contributed by atoms with Crippen molar-refractivity contribution in [2.45, 2.75) is 13.5 Å². The maximum Gasteiger partial charge on any atom is 0.226 e. The fourth-order valence-electron chi connectivity index (χ4n) is 3.72. The van der Waals surface area contributed by atoms with Crippen LogP contribution in [-0.2, 0) is 11.3 Å². The molecule has 1 fully saturated rings. The van der Waals surface area contributed by atoms with Crippen molar-refractivity contribution in [2.24, 2.45) is 0 Å². The highest BCUT2D eigenvalue weighted by molar-refractivity contribution is 5.62. The molecule has 5 rings (SSSR count). The van der Waals surface area contributed by atoms with Crippen LogP contribution in [0.5, 0.6) is 0 Å².